The van der Waals surface area contributed by atoms with Gasteiger partial charge >= 0.3 is 0 Å². The fraction of sp³-hybridized carbons (Fsp3) is 0.190. The number of rotatable bonds is 4. The highest BCUT2D eigenvalue weighted by atomic mass is 16.3. The van der Waals surface area contributed by atoms with E-state index in [-0.39, 0.29) is 23.3 Å². The number of carbonyl (C=O) groups excluding carboxylic acids is 1. The van der Waals surface area contributed by atoms with Gasteiger partial charge < -0.3 is 5.11 Å². The fourth-order valence-electron chi connectivity index (χ4n) is 3.02. The van der Waals surface area contributed by atoms with E-state index >= 15 is 0 Å². The number of hydrazone groups is 1. The Morgan fingerprint density at radius 3 is 2.48 bits per heavy atom. The van der Waals surface area contributed by atoms with Gasteiger partial charge in [-0.05, 0) is 38.0 Å². The Morgan fingerprint density at radius 1 is 1.15 bits per heavy atom. The van der Waals surface area contributed by atoms with Crippen LogP contribution in [0.3, 0.4) is 0 Å². The van der Waals surface area contributed by atoms with Crippen molar-refractivity contribution in [3.8, 4) is 11.6 Å². The molecule has 1 heterocycles. The summed E-state index contributed by atoms with van der Waals surface area (Å²) in [5.74, 6) is -0.303. The lowest BCUT2D eigenvalue weighted by Gasteiger charge is -2.13. The SMILES string of the molecule is Cc1ccc(-n2c(O)c(/C=N/NC(=O)C3CC3)c3ccccc3c2=O)cc1. The van der Waals surface area contributed by atoms with Gasteiger partial charge in [-0.25, -0.2) is 9.99 Å². The Labute approximate surface area is 155 Å². The molecule has 1 aromatic heterocycles. The van der Waals surface area contributed by atoms with E-state index in [2.05, 4.69) is 10.5 Å². The number of aromatic nitrogens is 1. The van der Waals surface area contributed by atoms with Gasteiger partial charge in [-0.3, -0.25) is 9.59 Å². The summed E-state index contributed by atoms with van der Waals surface area (Å²) in [7, 11) is 0. The first-order valence-electron chi connectivity index (χ1n) is 8.83. The second-order valence-electron chi connectivity index (χ2n) is 6.77. The van der Waals surface area contributed by atoms with Crippen LogP contribution in [0.2, 0.25) is 0 Å². The molecule has 27 heavy (non-hydrogen) atoms. The zero-order valence-corrected chi connectivity index (χ0v) is 14.8. The van der Waals surface area contributed by atoms with Crippen LogP contribution in [0.15, 0.2) is 58.4 Å². The van der Waals surface area contributed by atoms with Gasteiger partial charge in [-0.15, -0.1) is 0 Å². The number of aromatic hydroxyl groups is 1. The fourth-order valence-corrected chi connectivity index (χ4v) is 3.02. The molecule has 1 saturated carbocycles. The number of nitrogens with zero attached hydrogens (tertiary/aromatic N) is 2. The Balaban J connectivity index is 1.86. The van der Waals surface area contributed by atoms with Crippen molar-refractivity contribution in [1.29, 1.82) is 0 Å². The Kier molecular flexibility index (Phi) is 4.24. The van der Waals surface area contributed by atoms with E-state index in [1.165, 1.54) is 10.8 Å². The first-order chi connectivity index (χ1) is 13.1. The Morgan fingerprint density at radius 2 is 1.81 bits per heavy atom. The van der Waals surface area contributed by atoms with Gasteiger partial charge in [0.15, 0.2) is 0 Å². The van der Waals surface area contributed by atoms with Crippen LogP contribution >= 0.6 is 0 Å². The topological polar surface area (TPSA) is 83.7 Å². The standard InChI is InChI=1S/C21H19N3O3/c1-13-6-10-15(11-7-13)24-20(26)17-5-3-2-4-16(17)18(21(24)27)12-22-23-19(25)14-8-9-14/h2-7,10-12,14,27H,8-9H2,1H3,(H,23,25)/b22-12+. The largest absolute Gasteiger partial charge is 0.494 e. The molecule has 2 aromatic carbocycles. The number of nitrogens with one attached hydrogen (secondary N) is 1. The third-order valence-electron chi connectivity index (χ3n) is 4.71. The van der Waals surface area contributed by atoms with Crippen molar-refractivity contribution in [1.82, 2.24) is 9.99 Å². The lowest BCUT2D eigenvalue weighted by atomic mass is 10.1. The van der Waals surface area contributed by atoms with Gasteiger partial charge in [-0.2, -0.15) is 5.10 Å². The van der Waals surface area contributed by atoms with Crippen LogP contribution in [0.5, 0.6) is 5.88 Å². The molecule has 6 nitrogen and oxygen atoms in total. The number of hydrogen-bond donors (Lipinski definition) is 2. The van der Waals surface area contributed by atoms with Crippen LogP contribution in [0.1, 0.15) is 24.0 Å². The van der Waals surface area contributed by atoms with Crippen molar-refractivity contribution >= 4 is 22.9 Å². The summed E-state index contributed by atoms with van der Waals surface area (Å²) in [5, 5.41) is 15.9. The van der Waals surface area contributed by atoms with Gasteiger partial charge in [0.2, 0.25) is 11.8 Å². The maximum absolute atomic E-state index is 13.0. The summed E-state index contributed by atoms with van der Waals surface area (Å²) in [6, 6.07) is 14.3. The van der Waals surface area contributed by atoms with E-state index < -0.39 is 0 Å². The molecule has 1 aliphatic rings. The summed E-state index contributed by atoms with van der Waals surface area (Å²) in [6.45, 7) is 1.95. The molecule has 1 aliphatic carbocycles. The summed E-state index contributed by atoms with van der Waals surface area (Å²) >= 11 is 0. The molecule has 1 amide bonds. The molecule has 4 rings (SSSR count). The molecule has 0 atom stereocenters. The quantitative estimate of drug-likeness (QED) is 0.554. The molecule has 0 aliphatic heterocycles. The number of pyridine rings is 1. The summed E-state index contributed by atoms with van der Waals surface area (Å²) in [4.78, 5) is 24.7. The monoisotopic (exact) mass is 361 g/mol. The molecule has 6 heteroatoms. The van der Waals surface area contributed by atoms with Crippen molar-refractivity contribution in [3.05, 3.63) is 70.0 Å². The molecule has 0 radical (unpaired) electrons. The van der Waals surface area contributed by atoms with E-state index in [4.69, 9.17) is 0 Å². The molecule has 136 valence electrons. The predicted octanol–water partition coefficient (Wildman–Crippen LogP) is 2.86. The minimum Gasteiger partial charge on any atom is -0.494 e. The number of fused-ring (bicyclic) bond motifs is 1. The molecular weight excluding hydrogens is 342 g/mol. The number of benzene rings is 2. The lowest BCUT2D eigenvalue weighted by molar-refractivity contribution is -0.122. The van der Waals surface area contributed by atoms with E-state index in [1.807, 2.05) is 19.1 Å². The molecule has 0 saturated heterocycles. The van der Waals surface area contributed by atoms with Gasteiger partial charge in [0, 0.05) is 16.7 Å². The zero-order chi connectivity index (χ0) is 19.0. The first kappa shape index (κ1) is 17.0. The maximum atomic E-state index is 13.0. The van der Waals surface area contributed by atoms with E-state index in [1.54, 1.807) is 36.4 Å². The van der Waals surface area contributed by atoms with Crippen molar-refractivity contribution in [3.63, 3.8) is 0 Å². The molecule has 1 fully saturated rings. The number of amides is 1. The Bertz CT molecular complexity index is 1110. The lowest BCUT2D eigenvalue weighted by Crippen LogP contribution is -2.21. The average Bonchev–Trinajstić information content (AvgIpc) is 3.51. The highest BCUT2D eigenvalue weighted by Crippen LogP contribution is 2.29. The number of carbonyl (C=O) groups is 1. The molecule has 3 aromatic rings. The maximum Gasteiger partial charge on any atom is 0.265 e. The molecule has 0 spiro atoms. The van der Waals surface area contributed by atoms with Gasteiger partial charge in [-0.1, -0.05) is 35.9 Å². The van der Waals surface area contributed by atoms with Crippen LogP contribution < -0.4 is 11.0 Å². The van der Waals surface area contributed by atoms with Crippen molar-refractivity contribution in [2.75, 3.05) is 0 Å². The first-order valence-corrected chi connectivity index (χ1v) is 8.83. The smallest absolute Gasteiger partial charge is 0.265 e. The number of aryl methyl sites for hydroxylation is 1. The normalized spacial score (nSPS) is 14.0. The van der Waals surface area contributed by atoms with E-state index in [0.717, 1.165) is 18.4 Å². The average molecular weight is 361 g/mol. The van der Waals surface area contributed by atoms with Crippen LogP contribution in [-0.2, 0) is 4.79 Å². The third-order valence-corrected chi connectivity index (χ3v) is 4.71. The molecular formula is C21H19N3O3. The highest BCUT2D eigenvalue weighted by Gasteiger charge is 2.29. The summed E-state index contributed by atoms with van der Waals surface area (Å²) < 4.78 is 1.26. The van der Waals surface area contributed by atoms with Crippen LogP contribution in [0.4, 0.5) is 0 Å². The van der Waals surface area contributed by atoms with Crippen LogP contribution in [0.25, 0.3) is 16.5 Å². The summed E-state index contributed by atoms with van der Waals surface area (Å²) in [5.41, 5.74) is 4.17. The predicted molar refractivity (Wildman–Crippen MR) is 104 cm³/mol. The van der Waals surface area contributed by atoms with Crippen molar-refractivity contribution in [2.24, 2.45) is 11.0 Å². The molecule has 2 N–H and O–H groups in total. The number of hydrogen-bond acceptors (Lipinski definition) is 4. The second-order valence-corrected chi connectivity index (χ2v) is 6.77. The van der Waals surface area contributed by atoms with Crippen LogP contribution in [-0.4, -0.2) is 21.8 Å². The van der Waals surface area contributed by atoms with Crippen molar-refractivity contribution in [2.45, 2.75) is 19.8 Å². The summed E-state index contributed by atoms with van der Waals surface area (Å²) in [6.07, 6.45) is 3.16. The minimum atomic E-state index is -0.314. The highest BCUT2D eigenvalue weighted by molar-refractivity contribution is 6.02. The van der Waals surface area contributed by atoms with Crippen LogP contribution in [0, 0.1) is 12.8 Å². The second kappa shape index (κ2) is 6.72. The van der Waals surface area contributed by atoms with Gasteiger partial charge in [0.25, 0.3) is 5.56 Å². The molecule has 0 bridgehead atoms. The zero-order valence-electron chi connectivity index (χ0n) is 14.8. The van der Waals surface area contributed by atoms with Gasteiger partial charge in [0.05, 0.1) is 17.5 Å². The van der Waals surface area contributed by atoms with Crippen molar-refractivity contribution < 1.29 is 9.90 Å². The third kappa shape index (κ3) is 3.21. The molecule has 0 unspecified atom stereocenters. The van der Waals surface area contributed by atoms with Gasteiger partial charge in [0.1, 0.15) is 0 Å². The van der Waals surface area contributed by atoms with E-state index in [9.17, 15) is 14.7 Å². The Hall–Kier alpha value is -3.41. The van der Waals surface area contributed by atoms with E-state index in [0.29, 0.717) is 22.0 Å². The minimum absolute atomic E-state index is 0.0361.